The molecule has 3 N–H and O–H groups in total. The Bertz CT molecular complexity index is 1240. The Morgan fingerprint density at radius 3 is 2.51 bits per heavy atom. The largest absolute Gasteiger partial charge is 0.423 e. The van der Waals surface area contributed by atoms with Crippen LogP contribution in [0.25, 0.3) is 11.3 Å². The average molecular weight is 617 g/mol. The number of aliphatic hydroxyl groups excluding tert-OH is 1. The highest BCUT2D eigenvalue weighted by Gasteiger charge is 2.29. The van der Waals surface area contributed by atoms with Gasteiger partial charge in [-0.3, -0.25) is 9.58 Å². The van der Waals surface area contributed by atoms with Crippen LogP contribution in [0.15, 0.2) is 48.5 Å². The van der Waals surface area contributed by atoms with Gasteiger partial charge in [-0.25, -0.2) is 4.79 Å². The van der Waals surface area contributed by atoms with Crippen LogP contribution in [0.4, 0.5) is 10.5 Å². The fourth-order valence-corrected chi connectivity index (χ4v) is 5.67. The molecule has 1 aromatic heterocycles. The number of aryl methyl sites for hydroxylation is 1. The maximum absolute atomic E-state index is 11.3. The van der Waals surface area contributed by atoms with E-state index < -0.39 is 12.2 Å². The fraction of sp³-hybridized carbons (Fsp3) is 0.407. The van der Waals surface area contributed by atoms with Gasteiger partial charge in [-0.1, -0.05) is 30.3 Å². The molecular weight excluding hydrogens is 583 g/mol. The highest BCUT2D eigenvalue weighted by Crippen LogP contribution is 2.31. The molecule has 10 heteroatoms. The smallest absolute Gasteiger partial charge is 0.390 e. The molecule has 3 heterocycles. The van der Waals surface area contributed by atoms with E-state index in [9.17, 15) is 9.90 Å². The summed E-state index contributed by atoms with van der Waals surface area (Å²) in [5.74, 6) is 0. The third kappa shape index (κ3) is 6.08. The Hall–Kier alpha value is -2.67. The lowest BCUT2D eigenvalue weighted by Gasteiger charge is -2.37. The minimum absolute atomic E-state index is 0.413. The Labute approximate surface area is 230 Å². The number of hydrogen-bond acceptors (Lipinski definition) is 7. The Balaban J connectivity index is 1.27. The van der Waals surface area contributed by atoms with Gasteiger partial charge in [0.2, 0.25) is 0 Å². The van der Waals surface area contributed by atoms with E-state index in [4.69, 9.17) is 15.7 Å². The summed E-state index contributed by atoms with van der Waals surface area (Å²) in [5.41, 5.74) is 11.8. The van der Waals surface area contributed by atoms with Gasteiger partial charge in [0, 0.05) is 71.8 Å². The van der Waals surface area contributed by atoms with E-state index in [1.54, 1.807) is 5.06 Å². The number of rotatable bonds is 7. The van der Waals surface area contributed by atoms with Gasteiger partial charge in [0.25, 0.3) is 0 Å². The number of anilines is 1. The SMILES string of the molecule is Cc1ccccc1N1CCN(CC(O)Cn2nc(-c3ccc(I)cc3)c3c2CCN(OC(N)=O)C3)CC1. The minimum atomic E-state index is -0.815. The van der Waals surface area contributed by atoms with E-state index >= 15 is 0 Å². The molecule has 0 spiro atoms. The summed E-state index contributed by atoms with van der Waals surface area (Å²) in [7, 11) is 0. The summed E-state index contributed by atoms with van der Waals surface area (Å²) in [4.78, 5) is 21.3. The lowest BCUT2D eigenvalue weighted by atomic mass is 10.0. The van der Waals surface area contributed by atoms with Gasteiger partial charge in [-0.15, -0.1) is 5.06 Å². The zero-order valence-electron chi connectivity index (χ0n) is 21.0. The van der Waals surface area contributed by atoms with Crippen LogP contribution in [0.1, 0.15) is 16.8 Å². The predicted molar refractivity (Wildman–Crippen MR) is 151 cm³/mol. The number of amides is 1. The number of primary amides is 1. The van der Waals surface area contributed by atoms with Crippen LogP contribution in [0, 0.1) is 10.5 Å². The van der Waals surface area contributed by atoms with Crippen molar-refractivity contribution < 1.29 is 14.7 Å². The van der Waals surface area contributed by atoms with Crippen LogP contribution in [0.5, 0.6) is 0 Å². The van der Waals surface area contributed by atoms with Crippen molar-refractivity contribution in [2.75, 3.05) is 44.2 Å². The van der Waals surface area contributed by atoms with E-state index in [2.05, 4.69) is 63.6 Å². The maximum atomic E-state index is 11.3. The summed E-state index contributed by atoms with van der Waals surface area (Å²) in [6.45, 7) is 7.84. The van der Waals surface area contributed by atoms with E-state index in [-0.39, 0.29) is 0 Å². The third-order valence-electron chi connectivity index (χ3n) is 7.12. The van der Waals surface area contributed by atoms with Crippen LogP contribution in [0.2, 0.25) is 0 Å². The number of β-amino-alcohol motifs (C(OH)–C–C–N with tert-alkyl or cyclic N) is 1. The molecule has 0 bridgehead atoms. The maximum Gasteiger partial charge on any atom is 0.423 e. The van der Waals surface area contributed by atoms with Crippen LogP contribution in [0.3, 0.4) is 0 Å². The summed E-state index contributed by atoms with van der Waals surface area (Å²) in [6.07, 6.45) is -0.704. The van der Waals surface area contributed by atoms with Crippen molar-refractivity contribution in [2.24, 2.45) is 5.73 Å². The summed E-state index contributed by atoms with van der Waals surface area (Å²) < 4.78 is 3.09. The minimum Gasteiger partial charge on any atom is -0.390 e. The first-order valence-corrected chi connectivity index (χ1v) is 13.7. The number of carbonyl (C=O) groups is 1. The number of nitrogens with zero attached hydrogens (tertiary/aromatic N) is 5. The Kier molecular flexibility index (Phi) is 7.98. The Morgan fingerprint density at radius 2 is 1.81 bits per heavy atom. The molecule has 0 radical (unpaired) electrons. The highest BCUT2D eigenvalue weighted by atomic mass is 127. The zero-order valence-corrected chi connectivity index (χ0v) is 23.2. The summed E-state index contributed by atoms with van der Waals surface area (Å²) in [6, 6.07) is 16.7. The number of aliphatic hydroxyl groups is 1. The molecule has 1 unspecified atom stereocenters. The monoisotopic (exact) mass is 616 g/mol. The third-order valence-corrected chi connectivity index (χ3v) is 7.84. The summed E-state index contributed by atoms with van der Waals surface area (Å²) in [5, 5.41) is 17.6. The van der Waals surface area contributed by atoms with E-state index in [1.807, 2.05) is 28.9 Å². The molecule has 1 amide bonds. The number of fused-ring (bicyclic) bond motifs is 1. The first-order chi connectivity index (χ1) is 17.9. The second kappa shape index (κ2) is 11.4. The molecule has 1 atom stereocenters. The van der Waals surface area contributed by atoms with E-state index in [0.717, 1.165) is 52.3 Å². The standard InChI is InChI=1S/C27H33IN6O3/c1-19-4-2-3-5-24(19)32-14-12-31(13-15-32)16-22(35)17-34-25-10-11-33(37-27(29)36)18-23(25)26(30-34)20-6-8-21(28)9-7-20/h2-9,22,35H,10-18H2,1H3,(H2,29,36). The molecule has 2 aliphatic rings. The van der Waals surface area contributed by atoms with Gasteiger partial charge >= 0.3 is 6.09 Å². The number of piperazine rings is 1. The zero-order chi connectivity index (χ0) is 25.9. The van der Waals surface area contributed by atoms with Crippen molar-refractivity contribution >= 4 is 34.4 Å². The van der Waals surface area contributed by atoms with Gasteiger partial charge < -0.3 is 20.6 Å². The average Bonchev–Trinajstić information content (AvgIpc) is 3.22. The topological polar surface area (TPSA) is 100 Å². The number of para-hydroxylation sites is 1. The molecule has 0 aliphatic carbocycles. The van der Waals surface area contributed by atoms with Crippen molar-refractivity contribution in [1.29, 1.82) is 0 Å². The quantitative estimate of drug-likeness (QED) is 0.394. The second-order valence-corrected chi connectivity index (χ2v) is 11.0. The lowest BCUT2D eigenvalue weighted by molar-refractivity contribution is -0.107. The van der Waals surface area contributed by atoms with Crippen molar-refractivity contribution in [1.82, 2.24) is 19.7 Å². The number of hydrogen-bond donors (Lipinski definition) is 2. The molecule has 9 nitrogen and oxygen atoms in total. The molecular formula is C27H33IN6O3. The molecule has 1 fully saturated rings. The van der Waals surface area contributed by atoms with Crippen molar-refractivity contribution in [3.63, 3.8) is 0 Å². The number of aromatic nitrogens is 2. The molecule has 37 heavy (non-hydrogen) atoms. The number of carbonyl (C=O) groups excluding carboxylic acids is 1. The first-order valence-electron chi connectivity index (χ1n) is 12.6. The molecule has 3 aromatic rings. The van der Waals surface area contributed by atoms with Gasteiger partial charge in [-0.05, 0) is 53.3 Å². The normalized spacial score (nSPS) is 17.4. The van der Waals surface area contributed by atoms with Crippen LogP contribution < -0.4 is 10.6 Å². The Morgan fingerprint density at radius 1 is 1.08 bits per heavy atom. The fourth-order valence-electron chi connectivity index (χ4n) is 5.31. The molecule has 1 saturated heterocycles. The predicted octanol–water partition coefficient (Wildman–Crippen LogP) is 3.01. The van der Waals surface area contributed by atoms with Crippen molar-refractivity contribution in [3.8, 4) is 11.3 Å². The van der Waals surface area contributed by atoms with Crippen molar-refractivity contribution in [3.05, 3.63) is 68.9 Å². The summed E-state index contributed by atoms with van der Waals surface area (Å²) >= 11 is 2.28. The van der Waals surface area contributed by atoms with Crippen LogP contribution in [-0.2, 0) is 24.3 Å². The molecule has 2 aromatic carbocycles. The van der Waals surface area contributed by atoms with Gasteiger partial charge in [0.05, 0.1) is 24.9 Å². The van der Waals surface area contributed by atoms with Gasteiger partial charge in [0.15, 0.2) is 0 Å². The van der Waals surface area contributed by atoms with Crippen LogP contribution in [-0.4, -0.2) is 76.3 Å². The lowest BCUT2D eigenvalue weighted by Crippen LogP contribution is -2.49. The van der Waals surface area contributed by atoms with E-state index in [1.165, 1.54) is 11.3 Å². The number of hydroxylamine groups is 2. The molecule has 196 valence electrons. The van der Waals surface area contributed by atoms with Gasteiger partial charge in [0.1, 0.15) is 0 Å². The number of benzene rings is 2. The molecule has 5 rings (SSSR count). The number of nitrogens with two attached hydrogens (primary N) is 1. The van der Waals surface area contributed by atoms with Crippen molar-refractivity contribution in [2.45, 2.75) is 32.5 Å². The number of halogens is 1. The highest BCUT2D eigenvalue weighted by molar-refractivity contribution is 14.1. The van der Waals surface area contributed by atoms with Gasteiger partial charge in [-0.2, -0.15) is 5.10 Å². The second-order valence-electron chi connectivity index (χ2n) is 9.71. The van der Waals surface area contributed by atoms with E-state index in [0.29, 0.717) is 32.6 Å². The first kappa shape index (κ1) is 26.0. The molecule has 0 saturated carbocycles. The van der Waals surface area contributed by atoms with Crippen LogP contribution >= 0.6 is 22.6 Å². The molecule has 2 aliphatic heterocycles.